The third-order valence-corrected chi connectivity index (χ3v) is 4.04. The first-order valence-electron chi connectivity index (χ1n) is 8.63. The van der Waals surface area contributed by atoms with E-state index in [0.717, 1.165) is 17.7 Å². The van der Waals surface area contributed by atoms with Crippen molar-refractivity contribution in [2.45, 2.75) is 26.3 Å². The predicted molar refractivity (Wildman–Crippen MR) is 101 cm³/mol. The van der Waals surface area contributed by atoms with Gasteiger partial charge in [-0.15, -0.1) is 10.2 Å². The first-order chi connectivity index (χ1) is 12.7. The summed E-state index contributed by atoms with van der Waals surface area (Å²) in [5, 5.41) is 11.3. The van der Waals surface area contributed by atoms with Crippen molar-refractivity contribution >= 4 is 5.91 Å². The van der Waals surface area contributed by atoms with E-state index in [1.165, 1.54) is 0 Å². The number of rotatable bonds is 6. The highest BCUT2D eigenvalue weighted by molar-refractivity contribution is 5.94. The van der Waals surface area contributed by atoms with Crippen LogP contribution in [0, 0.1) is 0 Å². The molecule has 0 unspecified atom stereocenters. The number of hydrogen-bond acceptors (Lipinski definition) is 4. The molecule has 1 amide bonds. The molecule has 2 aromatic carbocycles. The summed E-state index contributed by atoms with van der Waals surface area (Å²) in [4.78, 5) is 12.1. The van der Waals surface area contributed by atoms with Crippen LogP contribution in [0.3, 0.4) is 0 Å². The summed E-state index contributed by atoms with van der Waals surface area (Å²) in [5.74, 6) is 1.08. The molecule has 0 spiro atoms. The van der Waals surface area contributed by atoms with Crippen molar-refractivity contribution in [3.8, 4) is 22.9 Å². The number of nitrogens with zero attached hydrogens (tertiary/aromatic N) is 2. The number of aromatic nitrogens is 2. The second-order valence-corrected chi connectivity index (χ2v) is 6.03. The summed E-state index contributed by atoms with van der Waals surface area (Å²) < 4.78 is 5.64. The van der Waals surface area contributed by atoms with E-state index in [4.69, 9.17) is 4.74 Å². The Kier molecular flexibility index (Phi) is 5.59. The molecule has 3 rings (SSSR count). The van der Waals surface area contributed by atoms with Gasteiger partial charge < -0.3 is 10.1 Å². The molecular weight excluding hydrogens is 326 g/mol. The molecule has 0 aliphatic carbocycles. The maximum atomic E-state index is 12.1. The molecule has 26 heavy (non-hydrogen) atoms. The minimum Gasteiger partial charge on any atom is -0.438 e. The predicted octanol–water partition coefficient (Wildman–Crippen LogP) is 4.46. The Bertz CT molecular complexity index is 847. The third-order valence-electron chi connectivity index (χ3n) is 4.04. The number of hydrogen-bond donors (Lipinski definition) is 1. The molecule has 3 aromatic rings. The lowest BCUT2D eigenvalue weighted by Gasteiger charge is -2.11. The minimum atomic E-state index is -0.0661. The first kappa shape index (κ1) is 17.6. The molecule has 1 N–H and O–H groups in total. The maximum Gasteiger partial charge on any atom is 0.251 e. The van der Waals surface area contributed by atoms with Gasteiger partial charge in [-0.2, -0.15) is 0 Å². The van der Waals surface area contributed by atoms with Crippen molar-refractivity contribution < 1.29 is 9.53 Å². The molecule has 1 atom stereocenters. The lowest BCUT2D eigenvalue weighted by atomic mass is 10.1. The molecule has 0 radical (unpaired) electrons. The van der Waals surface area contributed by atoms with E-state index in [2.05, 4.69) is 15.5 Å². The standard InChI is InChI=1S/C21H21N3O2/c1-3-15(2)22-21(25)17-11-9-16(10-12-17)19-13-14-20(24-23-19)26-18-7-5-4-6-8-18/h4-15H,3H2,1-2H3,(H,22,25)/t15-/m0/s1. The Morgan fingerprint density at radius 2 is 1.73 bits per heavy atom. The molecule has 0 saturated heterocycles. The van der Waals surface area contributed by atoms with E-state index in [0.29, 0.717) is 17.2 Å². The summed E-state index contributed by atoms with van der Waals surface area (Å²) in [6, 6.07) is 20.5. The van der Waals surface area contributed by atoms with Crippen LogP contribution in [-0.4, -0.2) is 22.1 Å². The lowest BCUT2D eigenvalue weighted by molar-refractivity contribution is 0.0939. The number of para-hydroxylation sites is 1. The summed E-state index contributed by atoms with van der Waals surface area (Å²) in [7, 11) is 0. The summed E-state index contributed by atoms with van der Waals surface area (Å²) in [5.41, 5.74) is 2.24. The van der Waals surface area contributed by atoms with Crippen molar-refractivity contribution in [2.24, 2.45) is 0 Å². The van der Waals surface area contributed by atoms with Gasteiger partial charge in [-0.1, -0.05) is 37.3 Å². The quantitative estimate of drug-likeness (QED) is 0.715. The monoisotopic (exact) mass is 347 g/mol. The fraction of sp³-hybridized carbons (Fsp3) is 0.190. The van der Waals surface area contributed by atoms with Gasteiger partial charge in [0.25, 0.3) is 5.91 Å². The van der Waals surface area contributed by atoms with Crippen LogP contribution in [0.5, 0.6) is 11.6 Å². The number of carbonyl (C=O) groups excluding carboxylic acids is 1. The fourth-order valence-electron chi connectivity index (χ4n) is 2.34. The zero-order valence-corrected chi connectivity index (χ0v) is 14.8. The number of carbonyl (C=O) groups is 1. The van der Waals surface area contributed by atoms with E-state index in [9.17, 15) is 4.79 Å². The number of amides is 1. The molecule has 0 aliphatic heterocycles. The number of benzene rings is 2. The van der Waals surface area contributed by atoms with Gasteiger partial charge in [-0.3, -0.25) is 4.79 Å². The molecule has 5 heteroatoms. The average Bonchev–Trinajstić information content (AvgIpc) is 2.69. The van der Waals surface area contributed by atoms with Crippen molar-refractivity contribution in [3.05, 3.63) is 72.3 Å². The van der Waals surface area contributed by atoms with Crippen LogP contribution in [0.1, 0.15) is 30.6 Å². The Morgan fingerprint density at radius 3 is 2.35 bits per heavy atom. The topological polar surface area (TPSA) is 64.1 Å². The maximum absolute atomic E-state index is 12.1. The SMILES string of the molecule is CC[C@H](C)NC(=O)c1ccc(-c2ccc(Oc3ccccc3)nn2)cc1. The van der Waals surface area contributed by atoms with Crippen LogP contribution >= 0.6 is 0 Å². The Labute approximate surface area is 153 Å². The van der Waals surface area contributed by atoms with Crippen molar-refractivity contribution in [2.75, 3.05) is 0 Å². The first-order valence-corrected chi connectivity index (χ1v) is 8.63. The van der Waals surface area contributed by atoms with Gasteiger partial charge in [0.1, 0.15) is 5.75 Å². The van der Waals surface area contributed by atoms with Gasteiger partial charge in [0.15, 0.2) is 0 Å². The molecule has 0 fully saturated rings. The molecule has 5 nitrogen and oxygen atoms in total. The highest BCUT2D eigenvalue weighted by Crippen LogP contribution is 2.21. The Hall–Kier alpha value is -3.21. The molecule has 132 valence electrons. The van der Waals surface area contributed by atoms with Crippen LogP contribution in [0.2, 0.25) is 0 Å². The Balaban J connectivity index is 1.68. The van der Waals surface area contributed by atoms with Crippen molar-refractivity contribution in [3.63, 3.8) is 0 Å². The molecule has 0 saturated carbocycles. The van der Waals surface area contributed by atoms with E-state index < -0.39 is 0 Å². The van der Waals surface area contributed by atoms with Gasteiger partial charge in [0.2, 0.25) is 5.88 Å². The average molecular weight is 347 g/mol. The summed E-state index contributed by atoms with van der Waals surface area (Å²) >= 11 is 0. The largest absolute Gasteiger partial charge is 0.438 e. The molecule has 1 heterocycles. The van der Waals surface area contributed by atoms with E-state index in [1.54, 1.807) is 18.2 Å². The van der Waals surface area contributed by atoms with Crippen molar-refractivity contribution in [1.82, 2.24) is 15.5 Å². The third kappa shape index (κ3) is 4.45. The second kappa shape index (κ2) is 8.25. The zero-order valence-electron chi connectivity index (χ0n) is 14.8. The number of ether oxygens (including phenoxy) is 1. The molecule has 0 bridgehead atoms. The van der Waals surface area contributed by atoms with Gasteiger partial charge in [0, 0.05) is 23.2 Å². The molecular formula is C21H21N3O2. The van der Waals surface area contributed by atoms with Crippen LogP contribution in [0.15, 0.2) is 66.7 Å². The highest BCUT2D eigenvalue weighted by Gasteiger charge is 2.09. The minimum absolute atomic E-state index is 0.0661. The fourth-order valence-corrected chi connectivity index (χ4v) is 2.34. The smallest absolute Gasteiger partial charge is 0.251 e. The van der Waals surface area contributed by atoms with Crippen LogP contribution < -0.4 is 10.1 Å². The normalized spacial score (nSPS) is 11.6. The van der Waals surface area contributed by atoms with E-state index >= 15 is 0 Å². The Morgan fingerprint density at radius 1 is 1.00 bits per heavy atom. The van der Waals surface area contributed by atoms with Crippen molar-refractivity contribution in [1.29, 1.82) is 0 Å². The van der Waals surface area contributed by atoms with Crippen LogP contribution in [0.4, 0.5) is 0 Å². The molecule has 0 aliphatic rings. The lowest BCUT2D eigenvalue weighted by Crippen LogP contribution is -2.31. The summed E-state index contributed by atoms with van der Waals surface area (Å²) in [6.07, 6.45) is 0.900. The zero-order chi connectivity index (χ0) is 18.4. The molecule has 1 aromatic heterocycles. The van der Waals surface area contributed by atoms with Gasteiger partial charge in [-0.25, -0.2) is 0 Å². The van der Waals surface area contributed by atoms with Crippen LogP contribution in [-0.2, 0) is 0 Å². The number of nitrogens with one attached hydrogen (secondary N) is 1. The highest BCUT2D eigenvalue weighted by atomic mass is 16.5. The van der Waals surface area contributed by atoms with E-state index in [-0.39, 0.29) is 11.9 Å². The van der Waals surface area contributed by atoms with Gasteiger partial charge in [-0.05, 0) is 43.7 Å². The second-order valence-electron chi connectivity index (χ2n) is 6.03. The van der Waals surface area contributed by atoms with E-state index in [1.807, 2.05) is 62.4 Å². The summed E-state index contributed by atoms with van der Waals surface area (Å²) in [6.45, 7) is 4.03. The van der Waals surface area contributed by atoms with Gasteiger partial charge >= 0.3 is 0 Å². The van der Waals surface area contributed by atoms with Crippen LogP contribution in [0.25, 0.3) is 11.3 Å². The van der Waals surface area contributed by atoms with Gasteiger partial charge in [0.05, 0.1) is 5.69 Å².